The number of nitrogens with two attached hydrogens (primary N) is 1. The van der Waals surface area contributed by atoms with Gasteiger partial charge in [0, 0.05) is 11.7 Å². The highest BCUT2D eigenvalue weighted by atomic mass is 16.5. The maximum atomic E-state index is 11.6. The van der Waals surface area contributed by atoms with Gasteiger partial charge in [-0.25, -0.2) is 0 Å². The van der Waals surface area contributed by atoms with Crippen molar-refractivity contribution in [3.05, 3.63) is 23.3 Å². The number of carbonyl (C=O) groups is 1. The first-order chi connectivity index (χ1) is 9.31. The smallest absolute Gasteiger partial charge is 0.223 e. The number of nitrogens with one attached hydrogen (secondary N) is 1. The van der Waals surface area contributed by atoms with Crippen LogP contribution in [0, 0.1) is 6.92 Å². The maximum absolute atomic E-state index is 11.6. The Hall–Kier alpha value is -1.71. The first-order valence-corrected chi connectivity index (χ1v) is 7.13. The summed E-state index contributed by atoms with van der Waals surface area (Å²) >= 11 is 0. The van der Waals surface area contributed by atoms with Gasteiger partial charge in [0.05, 0.1) is 13.0 Å². The summed E-state index contributed by atoms with van der Waals surface area (Å²) < 4.78 is 5.77. The summed E-state index contributed by atoms with van der Waals surface area (Å²) in [6.07, 6.45) is 0.360. The first kappa shape index (κ1) is 16.3. The van der Waals surface area contributed by atoms with E-state index in [-0.39, 0.29) is 11.9 Å². The van der Waals surface area contributed by atoms with E-state index in [2.05, 4.69) is 19.2 Å². The standard InChI is InChI=1S/C16H26N2O2/c1-10(2)13-9-14(17)12(5)8-15(13)20-7-6-16(19)18-11(3)4/h8-11H,6-7,17H2,1-5H3,(H,18,19). The summed E-state index contributed by atoms with van der Waals surface area (Å²) in [5.74, 6) is 1.17. The molecule has 0 bridgehead atoms. The highest BCUT2D eigenvalue weighted by molar-refractivity contribution is 5.76. The molecule has 1 aromatic rings. The average molecular weight is 278 g/mol. The van der Waals surface area contributed by atoms with Crippen LogP contribution in [0.5, 0.6) is 5.75 Å². The van der Waals surface area contributed by atoms with Crippen LogP contribution in [0.25, 0.3) is 0 Å². The first-order valence-electron chi connectivity index (χ1n) is 7.13. The molecule has 0 atom stereocenters. The summed E-state index contributed by atoms with van der Waals surface area (Å²) in [6.45, 7) is 10.4. The third kappa shape index (κ3) is 4.76. The van der Waals surface area contributed by atoms with Crippen molar-refractivity contribution in [1.29, 1.82) is 0 Å². The van der Waals surface area contributed by atoms with E-state index >= 15 is 0 Å². The van der Waals surface area contributed by atoms with Crippen LogP contribution in [0.1, 0.15) is 51.2 Å². The number of carbonyl (C=O) groups excluding carboxylic acids is 1. The molecule has 112 valence electrons. The summed E-state index contributed by atoms with van der Waals surface area (Å²) in [5, 5.41) is 2.85. The quantitative estimate of drug-likeness (QED) is 0.786. The molecule has 0 spiro atoms. The molecule has 3 N–H and O–H groups in total. The van der Waals surface area contributed by atoms with Gasteiger partial charge in [-0.15, -0.1) is 0 Å². The summed E-state index contributed by atoms with van der Waals surface area (Å²) in [5.41, 5.74) is 8.79. The lowest BCUT2D eigenvalue weighted by atomic mass is 9.99. The number of benzene rings is 1. The number of amides is 1. The van der Waals surface area contributed by atoms with Gasteiger partial charge in [0.15, 0.2) is 0 Å². The minimum atomic E-state index is 0.0123. The van der Waals surface area contributed by atoms with Crippen LogP contribution in [-0.2, 0) is 4.79 Å². The summed E-state index contributed by atoms with van der Waals surface area (Å²) in [7, 11) is 0. The third-order valence-electron chi connectivity index (χ3n) is 3.06. The number of nitrogen functional groups attached to an aromatic ring is 1. The van der Waals surface area contributed by atoms with E-state index in [0.717, 1.165) is 22.6 Å². The molecule has 4 nitrogen and oxygen atoms in total. The topological polar surface area (TPSA) is 64.3 Å². The van der Waals surface area contributed by atoms with E-state index in [1.54, 1.807) is 0 Å². The average Bonchev–Trinajstić information content (AvgIpc) is 2.31. The van der Waals surface area contributed by atoms with Crippen LogP contribution in [0.2, 0.25) is 0 Å². The zero-order valence-corrected chi connectivity index (χ0v) is 13.1. The second-order valence-electron chi connectivity index (χ2n) is 5.72. The van der Waals surface area contributed by atoms with Crippen LogP contribution in [0.15, 0.2) is 12.1 Å². The Bertz CT molecular complexity index is 468. The molecular formula is C16H26N2O2. The second kappa shape index (κ2) is 7.17. The molecule has 4 heteroatoms. The van der Waals surface area contributed by atoms with Crippen LogP contribution in [-0.4, -0.2) is 18.6 Å². The molecule has 0 saturated carbocycles. The molecular weight excluding hydrogens is 252 g/mol. The van der Waals surface area contributed by atoms with Gasteiger partial charge in [0.1, 0.15) is 5.75 Å². The zero-order chi connectivity index (χ0) is 15.3. The SMILES string of the molecule is Cc1cc(OCCC(=O)NC(C)C)c(C(C)C)cc1N. The van der Waals surface area contributed by atoms with Crippen molar-refractivity contribution in [2.24, 2.45) is 0 Å². The van der Waals surface area contributed by atoms with Crippen molar-refractivity contribution in [3.8, 4) is 5.75 Å². The van der Waals surface area contributed by atoms with Crippen LogP contribution in [0.3, 0.4) is 0 Å². The molecule has 1 amide bonds. The normalized spacial score (nSPS) is 10.9. The summed E-state index contributed by atoms with van der Waals surface area (Å²) in [6, 6.07) is 4.07. The van der Waals surface area contributed by atoms with Gasteiger partial charge in [-0.3, -0.25) is 4.79 Å². The van der Waals surface area contributed by atoms with Crippen molar-refractivity contribution >= 4 is 11.6 Å². The highest BCUT2D eigenvalue weighted by Gasteiger charge is 2.11. The van der Waals surface area contributed by atoms with Crippen molar-refractivity contribution in [2.45, 2.75) is 53.0 Å². The van der Waals surface area contributed by atoms with E-state index < -0.39 is 0 Å². The number of hydrogen-bond acceptors (Lipinski definition) is 3. The lowest BCUT2D eigenvalue weighted by molar-refractivity contribution is -0.122. The van der Waals surface area contributed by atoms with Crippen molar-refractivity contribution < 1.29 is 9.53 Å². The van der Waals surface area contributed by atoms with Gasteiger partial charge in [-0.05, 0) is 49.9 Å². The lowest BCUT2D eigenvalue weighted by Gasteiger charge is -2.16. The fourth-order valence-corrected chi connectivity index (χ4v) is 1.94. The molecule has 1 rings (SSSR count). The number of ether oxygens (including phenoxy) is 1. The van der Waals surface area contributed by atoms with E-state index in [9.17, 15) is 4.79 Å². The number of rotatable bonds is 6. The van der Waals surface area contributed by atoms with Crippen LogP contribution < -0.4 is 15.8 Å². The number of hydrogen-bond donors (Lipinski definition) is 2. The molecule has 0 aliphatic heterocycles. The number of anilines is 1. The fraction of sp³-hybridized carbons (Fsp3) is 0.562. The molecule has 0 aliphatic rings. The van der Waals surface area contributed by atoms with Gasteiger partial charge in [0.25, 0.3) is 0 Å². The van der Waals surface area contributed by atoms with E-state index in [0.29, 0.717) is 18.9 Å². The Kier molecular flexibility index (Phi) is 5.86. The van der Waals surface area contributed by atoms with Crippen molar-refractivity contribution in [3.63, 3.8) is 0 Å². The molecule has 0 fully saturated rings. The Labute approximate surface area is 121 Å². The van der Waals surface area contributed by atoms with Gasteiger partial charge < -0.3 is 15.8 Å². The van der Waals surface area contributed by atoms with Gasteiger partial charge in [-0.2, -0.15) is 0 Å². The minimum Gasteiger partial charge on any atom is -0.493 e. The largest absolute Gasteiger partial charge is 0.493 e. The van der Waals surface area contributed by atoms with Crippen molar-refractivity contribution in [2.75, 3.05) is 12.3 Å². The molecule has 0 heterocycles. The third-order valence-corrected chi connectivity index (χ3v) is 3.06. The monoisotopic (exact) mass is 278 g/mol. The Balaban J connectivity index is 2.68. The maximum Gasteiger partial charge on any atom is 0.223 e. The Morgan fingerprint density at radius 2 is 1.95 bits per heavy atom. The molecule has 0 radical (unpaired) electrons. The molecule has 20 heavy (non-hydrogen) atoms. The zero-order valence-electron chi connectivity index (χ0n) is 13.1. The van der Waals surface area contributed by atoms with E-state index in [1.807, 2.05) is 32.9 Å². The Morgan fingerprint density at radius 1 is 1.30 bits per heavy atom. The molecule has 0 unspecified atom stereocenters. The minimum absolute atomic E-state index is 0.0123. The molecule has 0 saturated heterocycles. The Morgan fingerprint density at radius 3 is 2.50 bits per heavy atom. The van der Waals surface area contributed by atoms with Gasteiger partial charge in [-0.1, -0.05) is 13.8 Å². The highest BCUT2D eigenvalue weighted by Crippen LogP contribution is 2.30. The second-order valence-corrected chi connectivity index (χ2v) is 5.72. The lowest BCUT2D eigenvalue weighted by Crippen LogP contribution is -2.31. The van der Waals surface area contributed by atoms with E-state index in [1.165, 1.54) is 0 Å². The number of aryl methyl sites for hydroxylation is 1. The predicted molar refractivity (Wildman–Crippen MR) is 83.1 cm³/mol. The summed E-state index contributed by atoms with van der Waals surface area (Å²) in [4.78, 5) is 11.6. The van der Waals surface area contributed by atoms with Gasteiger partial charge >= 0.3 is 0 Å². The van der Waals surface area contributed by atoms with Crippen LogP contribution >= 0.6 is 0 Å². The molecule has 0 aliphatic carbocycles. The molecule has 1 aromatic carbocycles. The fourth-order valence-electron chi connectivity index (χ4n) is 1.94. The van der Waals surface area contributed by atoms with Crippen molar-refractivity contribution in [1.82, 2.24) is 5.32 Å². The van der Waals surface area contributed by atoms with Gasteiger partial charge in [0.2, 0.25) is 5.91 Å². The predicted octanol–water partition coefficient (Wildman–Crippen LogP) is 2.99. The molecule has 0 aromatic heterocycles. The van der Waals surface area contributed by atoms with E-state index in [4.69, 9.17) is 10.5 Å². The van der Waals surface area contributed by atoms with Crippen LogP contribution in [0.4, 0.5) is 5.69 Å².